The maximum Gasteiger partial charge on any atom is 0.416 e. The molecule has 0 atom stereocenters. The van der Waals surface area contributed by atoms with Crippen LogP contribution in [0.25, 0.3) is 11.4 Å². The Hall–Kier alpha value is -2.05. The van der Waals surface area contributed by atoms with E-state index in [0.29, 0.717) is 5.82 Å². The van der Waals surface area contributed by atoms with E-state index in [-0.39, 0.29) is 17.3 Å². The quantitative estimate of drug-likeness (QED) is 0.860. The van der Waals surface area contributed by atoms with Crippen LogP contribution in [0.1, 0.15) is 37.3 Å². The molecule has 7 heteroatoms. The maximum absolute atomic E-state index is 12.9. The van der Waals surface area contributed by atoms with Crippen LogP contribution in [0.15, 0.2) is 24.5 Å². The lowest BCUT2D eigenvalue weighted by Crippen LogP contribution is -2.09. The van der Waals surface area contributed by atoms with Crippen molar-refractivity contribution in [2.45, 2.75) is 37.9 Å². The highest BCUT2D eigenvalue weighted by Gasteiger charge is 2.32. The number of anilines is 1. The van der Waals surface area contributed by atoms with Gasteiger partial charge in [-0.2, -0.15) is 13.2 Å². The first kappa shape index (κ1) is 13.9. The van der Waals surface area contributed by atoms with Gasteiger partial charge in [0.1, 0.15) is 6.33 Å². The van der Waals surface area contributed by atoms with Crippen molar-refractivity contribution in [1.29, 1.82) is 0 Å². The lowest BCUT2D eigenvalue weighted by atomic mass is 10.1. The van der Waals surface area contributed by atoms with Crippen molar-refractivity contribution in [1.82, 2.24) is 14.8 Å². The molecule has 0 bridgehead atoms. The summed E-state index contributed by atoms with van der Waals surface area (Å²) < 4.78 is 40.4. The number of aromatic nitrogens is 3. The van der Waals surface area contributed by atoms with Crippen LogP contribution in [0.4, 0.5) is 18.9 Å². The molecule has 0 unspecified atom stereocenters. The molecule has 1 heterocycles. The molecule has 2 N–H and O–H groups in total. The summed E-state index contributed by atoms with van der Waals surface area (Å²) in [4.78, 5) is 0. The number of nitrogen functional groups attached to an aromatic ring is 1. The van der Waals surface area contributed by atoms with E-state index in [0.717, 1.165) is 37.8 Å². The Morgan fingerprint density at radius 3 is 2.57 bits per heavy atom. The van der Waals surface area contributed by atoms with Gasteiger partial charge in [-0.3, -0.25) is 0 Å². The average molecular weight is 296 g/mol. The zero-order valence-electron chi connectivity index (χ0n) is 11.3. The third-order valence-corrected chi connectivity index (χ3v) is 3.91. The van der Waals surface area contributed by atoms with E-state index in [2.05, 4.69) is 10.2 Å². The minimum Gasteiger partial charge on any atom is -0.398 e. The second-order valence-electron chi connectivity index (χ2n) is 5.30. The van der Waals surface area contributed by atoms with Crippen LogP contribution in [-0.2, 0) is 6.18 Å². The predicted molar refractivity (Wildman–Crippen MR) is 72.4 cm³/mol. The van der Waals surface area contributed by atoms with Gasteiger partial charge in [-0.25, -0.2) is 0 Å². The van der Waals surface area contributed by atoms with Gasteiger partial charge in [0.2, 0.25) is 0 Å². The molecule has 0 amide bonds. The van der Waals surface area contributed by atoms with Crippen LogP contribution < -0.4 is 5.73 Å². The largest absolute Gasteiger partial charge is 0.416 e. The molecule has 1 fully saturated rings. The molecule has 1 aliphatic rings. The standard InChI is InChI=1S/C14H15F3N4/c15-14(16,17)9-5-6-12(18)11(7-9)13-20-19-8-21(13)10-3-1-2-4-10/h5-8,10H,1-4,18H2. The van der Waals surface area contributed by atoms with Crippen LogP contribution in [0.5, 0.6) is 0 Å². The number of hydrogen-bond donors (Lipinski definition) is 1. The van der Waals surface area contributed by atoms with E-state index in [9.17, 15) is 13.2 Å². The van der Waals surface area contributed by atoms with E-state index < -0.39 is 11.7 Å². The fraction of sp³-hybridized carbons (Fsp3) is 0.429. The second kappa shape index (κ2) is 5.05. The van der Waals surface area contributed by atoms with Gasteiger partial charge >= 0.3 is 6.18 Å². The second-order valence-corrected chi connectivity index (χ2v) is 5.30. The van der Waals surface area contributed by atoms with Gasteiger partial charge < -0.3 is 10.3 Å². The first-order chi connectivity index (χ1) is 9.97. The highest BCUT2D eigenvalue weighted by Crippen LogP contribution is 2.37. The summed E-state index contributed by atoms with van der Waals surface area (Å²) in [5.74, 6) is 0.408. The molecule has 21 heavy (non-hydrogen) atoms. The van der Waals surface area contributed by atoms with Crippen LogP contribution in [-0.4, -0.2) is 14.8 Å². The smallest absolute Gasteiger partial charge is 0.398 e. The first-order valence-corrected chi connectivity index (χ1v) is 6.83. The molecule has 1 aromatic carbocycles. The molecular formula is C14H15F3N4. The molecule has 2 aromatic rings. The van der Waals surface area contributed by atoms with Gasteiger partial charge in [0.15, 0.2) is 5.82 Å². The Morgan fingerprint density at radius 1 is 1.19 bits per heavy atom. The monoisotopic (exact) mass is 296 g/mol. The predicted octanol–water partition coefficient (Wildman–Crippen LogP) is 3.66. The van der Waals surface area contributed by atoms with Gasteiger partial charge in [-0.1, -0.05) is 12.8 Å². The van der Waals surface area contributed by atoms with Crippen molar-refractivity contribution in [3.8, 4) is 11.4 Å². The van der Waals surface area contributed by atoms with Crippen molar-refractivity contribution in [3.63, 3.8) is 0 Å². The number of rotatable bonds is 2. The number of alkyl halides is 3. The van der Waals surface area contributed by atoms with Crippen molar-refractivity contribution in [2.75, 3.05) is 5.73 Å². The minimum atomic E-state index is -4.40. The molecule has 4 nitrogen and oxygen atoms in total. The average Bonchev–Trinajstić information content (AvgIpc) is 3.08. The van der Waals surface area contributed by atoms with E-state index in [1.54, 1.807) is 6.33 Å². The third kappa shape index (κ3) is 2.59. The SMILES string of the molecule is Nc1ccc(C(F)(F)F)cc1-c1nncn1C1CCCC1. The summed E-state index contributed by atoms with van der Waals surface area (Å²) in [5.41, 5.74) is 5.67. The number of nitrogens with two attached hydrogens (primary N) is 1. The third-order valence-electron chi connectivity index (χ3n) is 3.91. The van der Waals surface area contributed by atoms with Gasteiger partial charge in [0.25, 0.3) is 0 Å². The van der Waals surface area contributed by atoms with E-state index in [1.807, 2.05) is 4.57 Å². The molecule has 1 saturated carbocycles. The zero-order chi connectivity index (χ0) is 15.0. The number of halogens is 3. The molecule has 112 valence electrons. The molecule has 0 radical (unpaired) electrons. The summed E-state index contributed by atoms with van der Waals surface area (Å²) >= 11 is 0. The van der Waals surface area contributed by atoms with Gasteiger partial charge in [0.05, 0.1) is 5.56 Å². The molecule has 0 saturated heterocycles. The molecule has 1 aliphatic carbocycles. The summed E-state index contributed by atoms with van der Waals surface area (Å²) in [6.45, 7) is 0. The van der Waals surface area contributed by atoms with E-state index in [1.165, 1.54) is 6.07 Å². The maximum atomic E-state index is 12.9. The Labute approximate surface area is 119 Å². The molecule has 3 rings (SSSR count). The Balaban J connectivity index is 2.06. The Morgan fingerprint density at radius 2 is 1.90 bits per heavy atom. The van der Waals surface area contributed by atoms with Crippen LogP contribution in [0, 0.1) is 0 Å². The van der Waals surface area contributed by atoms with Gasteiger partial charge in [-0.15, -0.1) is 10.2 Å². The molecule has 1 aromatic heterocycles. The van der Waals surface area contributed by atoms with Gasteiger partial charge in [0, 0.05) is 17.3 Å². The van der Waals surface area contributed by atoms with Crippen molar-refractivity contribution in [3.05, 3.63) is 30.1 Å². The van der Waals surface area contributed by atoms with Gasteiger partial charge in [-0.05, 0) is 31.0 Å². The first-order valence-electron chi connectivity index (χ1n) is 6.83. The fourth-order valence-corrected chi connectivity index (χ4v) is 2.81. The number of nitrogens with zero attached hydrogens (tertiary/aromatic N) is 3. The molecular weight excluding hydrogens is 281 g/mol. The minimum absolute atomic E-state index is 0.240. The number of benzene rings is 1. The lowest BCUT2D eigenvalue weighted by molar-refractivity contribution is -0.137. The summed E-state index contributed by atoms with van der Waals surface area (Å²) in [5, 5.41) is 7.83. The van der Waals surface area contributed by atoms with Crippen molar-refractivity contribution < 1.29 is 13.2 Å². The Kier molecular flexibility index (Phi) is 3.35. The highest BCUT2D eigenvalue weighted by molar-refractivity contribution is 5.72. The highest BCUT2D eigenvalue weighted by atomic mass is 19.4. The van der Waals surface area contributed by atoms with Crippen LogP contribution in [0.2, 0.25) is 0 Å². The summed E-state index contributed by atoms with van der Waals surface area (Å²) in [7, 11) is 0. The molecule has 0 aliphatic heterocycles. The van der Waals surface area contributed by atoms with Crippen LogP contribution in [0.3, 0.4) is 0 Å². The molecule has 0 spiro atoms. The fourth-order valence-electron chi connectivity index (χ4n) is 2.81. The Bertz CT molecular complexity index is 642. The van der Waals surface area contributed by atoms with E-state index >= 15 is 0 Å². The summed E-state index contributed by atoms with van der Waals surface area (Å²) in [6, 6.07) is 3.54. The topological polar surface area (TPSA) is 56.7 Å². The lowest BCUT2D eigenvalue weighted by Gasteiger charge is -2.16. The van der Waals surface area contributed by atoms with Crippen molar-refractivity contribution >= 4 is 5.69 Å². The number of hydrogen-bond acceptors (Lipinski definition) is 3. The summed E-state index contributed by atoms with van der Waals surface area (Å²) in [6.07, 6.45) is 1.38. The van der Waals surface area contributed by atoms with Crippen molar-refractivity contribution in [2.24, 2.45) is 0 Å². The van der Waals surface area contributed by atoms with Crippen LogP contribution >= 0.6 is 0 Å². The zero-order valence-corrected chi connectivity index (χ0v) is 11.3. The van der Waals surface area contributed by atoms with E-state index in [4.69, 9.17) is 5.73 Å². The normalized spacial score (nSPS) is 16.5.